The number of nitrogens with zero attached hydrogens (tertiary/aromatic N) is 3. The Bertz CT molecular complexity index is 948. The molecule has 1 aromatic carbocycles. The predicted molar refractivity (Wildman–Crippen MR) is 117 cm³/mol. The lowest BCUT2D eigenvalue weighted by atomic mass is 9.90. The van der Waals surface area contributed by atoms with Gasteiger partial charge in [0.2, 0.25) is 5.91 Å². The molecule has 2 heterocycles. The van der Waals surface area contributed by atoms with E-state index in [4.69, 9.17) is 0 Å². The maximum Gasteiger partial charge on any atom is 0.253 e. The van der Waals surface area contributed by atoms with Crippen molar-refractivity contribution >= 4 is 17.5 Å². The maximum atomic E-state index is 12.9. The number of carbonyl (C=O) groups is 2. The molecular formula is C24H30N4O2. The van der Waals surface area contributed by atoms with Crippen molar-refractivity contribution < 1.29 is 9.59 Å². The summed E-state index contributed by atoms with van der Waals surface area (Å²) in [4.78, 5) is 34.0. The molecule has 1 aromatic heterocycles. The van der Waals surface area contributed by atoms with Crippen LogP contribution in [0.15, 0.2) is 42.5 Å². The molecule has 1 atom stereocenters. The third-order valence-corrected chi connectivity index (χ3v) is 6.55. The van der Waals surface area contributed by atoms with Crippen LogP contribution in [0, 0.1) is 18.3 Å². The van der Waals surface area contributed by atoms with Crippen molar-refractivity contribution in [1.82, 2.24) is 15.2 Å². The number of pyridine rings is 1. The second-order valence-electron chi connectivity index (χ2n) is 8.84. The molecule has 0 radical (unpaired) electrons. The molecule has 6 nitrogen and oxygen atoms in total. The molecule has 158 valence electrons. The Labute approximate surface area is 178 Å². The van der Waals surface area contributed by atoms with Crippen LogP contribution in [-0.4, -0.2) is 48.9 Å². The third-order valence-electron chi connectivity index (χ3n) is 6.55. The summed E-state index contributed by atoms with van der Waals surface area (Å²) in [6.45, 7) is 3.86. The minimum Gasteiger partial charge on any atom is -0.378 e. The number of piperidine rings is 1. The Balaban J connectivity index is 1.30. The summed E-state index contributed by atoms with van der Waals surface area (Å²) in [7, 11) is 3.95. The Kier molecular flexibility index (Phi) is 5.50. The number of benzene rings is 1. The van der Waals surface area contributed by atoms with Gasteiger partial charge in [0.05, 0.1) is 12.2 Å². The van der Waals surface area contributed by atoms with Crippen molar-refractivity contribution in [2.24, 2.45) is 11.3 Å². The summed E-state index contributed by atoms with van der Waals surface area (Å²) in [6.07, 6.45) is 2.72. The van der Waals surface area contributed by atoms with Crippen LogP contribution in [0.5, 0.6) is 0 Å². The molecule has 4 rings (SSSR count). The Morgan fingerprint density at radius 2 is 1.90 bits per heavy atom. The summed E-state index contributed by atoms with van der Waals surface area (Å²) in [5.74, 6) is 0.272. The number of aryl methyl sites for hydroxylation is 1. The van der Waals surface area contributed by atoms with Gasteiger partial charge >= 0.3 is 0 Å². The average Bonchev–Trinajstić information content (AvgIpc) is 3.45. The standard InChI is InChI=1S/C24H30N4O2/c1-17-6-4-8-19(26-17)16-25-22(29)21-15-24(21)10-12-28(13-11-24)23(30)18-7-5-9-20(14-18)27(2)3/h4-9,14,21H,10-13,15-16H2,1-3H3,(H,25,29). The summed E-state index contributed by atoms with van der Waals surface area (Å²) in [5, 5.41) is 3.05. The van der Waals surface area contributed by atoms with Gasteiger partial charge in [-0.05, 0) is 61.9 Å². The number of aromatic nitrogens is 1. The fourth-order valence-corrected chi connectivity index (χ4v) is 4.52. The Morgan fingerprint density at radius 1 is 1.17 bits per heavy atom. The summed E-state index contributed by atoms with van der Waals surface area (Å²) in [5.41, 5.74) is 3.67. The highest BCUT2D eigenvalue weighted by Gasteiger charge is 2.58. The van der Waals surface area contributed by atoms with E-state index in [1.807, 2.05) is 73.3 Å². The first-order chi connectivity index (χ1) is 14.4. The van der Waals surface area contributed by atoms with Crippen molar-refractivity contribution in [2.45, 2.75) is 32.7 Å². The first-order valence-electron chi connectivity index (χ1n) is 10.6. The molecule has 1 N–H and O–H groups in total. The topological polar surface area (TPSA) is 65.5 Å². The molecular weight excluding hydrogens is 376 g/mol. The molecule has 1 aliphatic heterocycles. The molecule has 2 aromatic rings. The van der Waals surface area contributed by atoms with Gasteiger partial charge in [-0.3, -0.25) is 14.6 Å². The number of hydrogen-bond donors (Lipinski definition) is 1. The van der Waals surface area contributed by atoms with E-state index >= 15 is 0 Å². The Hall–Kier alpha value is -2.89. The van der Waals surface area contributed by atoms with Crippen LogP contribution in [-0.2, 0) is 11.3 Å². The van der Waals surface area contributed by atoms with Crippen LogP contribution >= 0.6 is 0 Å². The Morgan fingerprint density at radius 3 is 2.60 bits per heavy atom. The van der Waals surface area contributed by atoms with E-state index in [-0.39, 0.29) is 23.1 Å². The normalized spacial score (nSPS) is 19.4. The van der Waals surface area contributed by atoms with E-state index < -0.39 is 0 Å². The fraction of sp³-hybridized carbons (Fsp3) is 0.458. The molecule has 2 amide bonds. The van der Waals surface area contributed by atoms with E-state index in [2.05, 4.69) is 10.3 Å². The first kappa shape index (κ1) is 20.4. The highest BCUT2D eigenvalue weighted by atomic mass is 16.2. The van der Waals surface area contributed by atoms with Gasteiger partial charge in [0.1, 0.15) is 0 Å². The van der Waals surface area contributed by atoms with E-state index in [9.17, 15) is 9.59 Å². The monoisotopic (exact) mass is 406 g/mol. The molecule has 6 heteroatoms. The van der Waals surface area contributed by atoms with Gasteiger partial charge in [-0.15, -0.1) is 0 Å². The lowest BCUT2D eigenvalue weighted by molar-refractivity contribution is -0.123. The van der Waals surface area contributed by atoms with Gasteiger partial charge in [0, 0.05) is 50.0 Å². The van der Waals surface area contributed by atoms with Crippen LogP contribution in [0.1, 0.15) is 41.0 Å². The van der Waals surface area contributed by atoms with Crippen molar-refractivity contribution in [3.8, 4) is 0 Å². The smallest absolute Gasteiger partial charge is 0.253 e. The number of nitrogens with one attached hydrogen (secondary N) is 1. The lowest BCUT2D eigenvalue weighted by Crippen LogP contribution is -2.40. The van der Waals surface area contributed by atoms with Crippen LogP contribution < -0.4 is 10.2 Å². The molecule has 1 aliphatic carbocycles. The number of hydrogen-bond acceptors (Lipinski definition) is 4. The molecule has 2 fully saturated rings. The number of amides is 2. The molecule has 1 saturated heterocycles. The van der Waals surface area contributed by atoms with Crippen molar-refractivity contribution in [1.29, 1.82) is 0 Å². The van der Waals surface area contributed by atoms with Gasteiger partial charge in [0.25, 0.3) is 5.91 Å². The number of likely N-dealkylation sites (tertiary alicyclic amines) is 1. The van der Waals surface area contributed by atoms with E-state index in [0.717, 1.165) is 41.9 Å². The summed E-state index contributed by atoms with van der Waals surface area (Å²) >= 11 is 0. The quantitative estimate of drug-likeness (QED) is 0.829. The van der Waals surface area contributed by atoms with Crippen molar-refractivity contribution in [3.63, 3.8) is 0 Å². The highest BCUT2D eigenvalue weighted by molar-refractivity contribution is 5.95. The minimum atomic E-state index is 0.0663. The SMILES string of the molecule is Cc1cccc(CNC(=O)C2CC23CCN(C(=O)c2cccc(N(C)C)c2)CC3)n1. The second kappa shape index (κ2) is 8.09. The largest absolute Gasteiger partial charge is 0.378 e. The average molecular weight is 407 g/mol. The van der Waals surface area contributed by atoms with E-state index in [1.54, 1.807) is 0 Å². The lowest BCUT2D eigenvalue weighted by Gasteiger charge is -2.33. The predicted octanol–water partition coefficient (Wildman–Crippen LogP) is 3.01. The van der Waals surface area contributed by atoms with Gasteiger partial charge in [-0.2, -0.15) is 0 Å². The first-order valence-corrected chi connectivity index (χ1v) is 10.6. The molecule has 0 bridgehead atoms. The second-order valence-corrected chi connectivity index (χ2v) is 8.84. The number of rotatable bonds is 5. The number of anilines is 1. The molecule has 1 saturated carbocycles. The molecule has 30 heavy (non-hydrogen) atoms. The van der Waals surface area contributed by atoms with Crippen LogP contribution in [0.2, 0.25) is 0 Å². The van der Waals surface area contributed by atoms with Crippen LogP contribution in [0.25, 0.3) is 0 Å². The zero-order valence-electron chi connectivity index (χ0n) is 18.0. The van der Waals surface area contributed by atoms with Gasteiger partial charge in [0.15, 0.2) is 0 Å². The van der Waals surface area contributed by atoms with Crippen molar-refractivity contribution in [3.05, 3.63) is 59.4 Å². The van der Waals surface area contributed by atoms with Crippen LogP contribution in [0.4, 0.5) is 5.69 Å². The minimum absolute atomic E-state index is 0.0663. The highest BCUT2D eigenvalue weighted by Crippen LogP contribution is 2.59. The van der Waals surface area contributed by atoms with Gasteiger partial charge in [-0.1, -0.05) is 12.1 Å². The third kappa shape index (κ3) is 4.18. The van der Waals surface area contributed by atoms with Gasteiger partial charge < -0.3 is 15.1 Å². The maximum absolute atomic E-state index is 12.9. The van der Waals surface area contributed by atoms with E-state index in [1.165, 1.54) is 0 Å². The molecule has 2 aliphatic rings. The zero-order chi connectivity index (χ0) is 21.3. The molecule has 1 unspecified atom stereocenters. The summed E-state index contributed by atoms with van der Waals surface area (Å²) in [6, 6.07) is 13.6. The number of carbonyl (C=O) groups excluding carboxylic acids is 2. The molecule has 1 spiro atoms. The van der Waals surface area contributed by atoms with Crippen LogP contribution in [0.3, 0.4) is 0 Å². The fourth-order valence-electron chi connectivity index (χ4n) is 4.52. The van der Waals surface area contributed by atoms with E-state index in [0.29, 0.717) is 19.6 Å². The van der Waals surface area contributed by atoms with Crippen molar-refractivity contribution in [2.75, 3.05) is 32.1 Å². The zero-order valence-corrected chi connectivity index (χ0v) is 18.0. The van der Waals surface area contributed by atoms with Gasteiger partial charge in [-0.25, -0.2) is 0 Å². The summed E-state index contributed by atoms with van der Waals surface area (Å²) < 4.78 is 0.